The van der Waals surface area contributed by atoms with E-state index < -0.39 is 5.97 Å². The van der Waals surface area contributed by atoms with E-state index >= 15 is 0 Å². The number of carboxylic acids is 1. The first kappa shape index (κ1) is 15.8. The number of nitrogens with one attached hydrogen (secondary N) is 1. The lowest BCUT2D eigenvalue weighted by Gasteiger charge is -2.16. The lowest BCUT2D eigenvalue weighted by atomic mass is 10.1. The summed E-state index contributed by atoms with van der Waals surface area (Å²) < 4.78 is 5.60. The summed E-state index contributed by atoms with van der Waals surface area (Å²) in [7, 11) is 0. The Hall–Kier alpha value is -2.63. The average Bonchev–Trinajstić information content (AvgIpc) is 2.48. The first-order valence-electron chi connectivity index (χ1n) is 7.04. The van der Waals surface area contributed by atoms with E-state index in [1.165, 1.54) is 12.4 Å². The number of aromatic nitrogens is 2. The number of benzene rings is 1. The molecule has 0 amide bonds. The number of anilines is 1. The van der Waals surface area contributed by atoms with E-state index in [1.807, 2.05) is 45.0 Å². The highest BCUT2D eigenvalue weighted by Gasteiger charge is 2.09. The van der Waals surface area contributed by atoms with Gasteiger partial charge >= 0.3 is 5.97 Å². The summed E-state index contributed by atoms with van der Waals surface area (Å²) in [6.45, 7) is 5.96. The number of nitrogens with zero attached hydrogens (tertiary/aromatic N) is 2. The lowest BCUT2D eigenvalue weighted by Crippen LogP contribution is -2.10. The van der Waals surface area contributed by atoms with E-state index in [2.05, 4.69) is 15.3 Å². The maximum Gasteiger partial charge on any atom is 0.356 e. The molecule has 6 nitrogen and oxygen atoms in total. The molecule has 1 heterocycles. The molecule has 1 aromatic carbocycles. The number of aromatic carboxylic acids is 1. The minimum absolute atomic E-state index is 0.0121. The molecule has 0 fully saturated rings. The van der Waals surface area contributed by atoms with Gasteiger partial charge in [-0.2, -0.15) is 0 Å². The van der Waals surface area contributed by atoms with Gasteiger partial charge in [-0.1, -0.05) is 12.1 Å². The molecule has 1 unspecified atom stereocenters. The number of rotatable bonds is 6. The van der Waals surface area contributed by atoms with Crippen molar-refractivity contribution in [2.45, 2.75) is 32.9 Å². The zero-order valence-electron chi connectivity index (χ0n) is 12.8. The van der Waals surface area contributed by atoms with Crippen LogP contribution in [-0.4, -0.2) is 27.1 Å². The van der Waals surface area contributed by atoms with Crippen LogP contribution in [0.3, 0.4) is 0 Å². The Labute approximate surface area is 129 Å². The summed E-state index contributed by atoms with van der Waals surface area (Å²) in [6, 6.07) is 7.82. The van der Waals surface area contributed by atoms with Crippen molar-refractivity contribution in [3.05, 3.63) is 47.9 Å². The van der Waals surface area contributed by atoms with Gasteiger partial charge in [-0.25, -0.2) is 14.8 Å². The summed E-state index contributed by atoms with van der Waals surface area (Å²) in [4.78, 5) is 18.6. The molecule has 0 saturated heterocycles. The molecule has 0 bridgehead atoms. The van der Waals surface area contributed by atoms with Gasteiger partial charge in [0, 0.05) is 6.04 Å². The van der Waals surface area contributed by atoms with Gasteiger partial charge < -0.3 is 15.2 Å². The number of ether oxygens (including phenoxy) is 1. The predicted octanol–water partition coefficient (Wildman–Crippen LogP) is 3.14. The van der Waals surface area contributed by atoms with Crippen molar-refractivity contribution >= 4 is 11.8 Å². The molecule has 6 heteroatoms. The average molecular weight is 301 g/mol. The molecule has 1 atom stereocenters. The topological polar surface area (TPSA) is 84.3 Å². The van der Waals surface area contributed by atoms with Crippen molar-refractivity contribution in [2.75, 3.05) is 5.32 Å². The van der Waals surface area contributed by atoms with Crippen molar-refractivity contribution in [1.82, 2.24) is 9.97 Å². The van der Waals surface area contributed by atoms with Gasteiger partial charge in [0.2, 0.25) is 0 Å². The van der Waals surface area contributed by atoms with E-state index in [4.69, 9.17) is 9.84 Å². The van der Waals surface area contributed by atoms with Crippen molar-refractivity contribution in [2.24, 2.45) is 0 Å². The third kappa shape index (κ3) is 4.18. The van der Waals surface area contributed by atoms with Crippen LogP contribution in [0.4, 0.5) is 5.82 Å². The highest BCUT2D eigenvalue weighted by Crippen LogP contribution is 2.21. The second kappa shape index (κ2) is 6.89. The third-order valence-electron chi connectivity index (χ3n) is 2.99. The highest BCUT2D eigenvalue weighted by atomic mass is 16.5. The predicted molar refractivity (Wildman–Crippen MR) is 83.2 cm³/mol. The molecule has 0 saturated carbocycles. The molecule has 1 aromatic heterocycles. The molecule has 22 heavy (non-hydrogen) atoms. The standard InChI is InChI=1S/C16H19N3O3/c1-10(2)22-13-6-4-12(5-7-13)11(3)19-15-9-17-14(8-18-15)16(20)21/h4-11H,1-3H3,(H,18,19)(H,20,21). The largest absolute Gasteiger partial charge is 0.491 e. The summed E-state index contributed by atoms with van der Waals surface area (Å²) in [6.07, 6.45) is 2.79. The Kier molecular flexibility index (Phi) is 4.93. The van der Waals surface area contributed by atoms with Crippen molar-refractivity contribution < 1.29 is 14.6 Å². The SMILES string of the molecule is CC(C)Oc1ccc(C(C)Nc2cnc(C(=O)O)cn2)cc1. The van der Waals surface area contributed by atoms with Crippen molar-refractivity contribution in [1.29, 1.82) is 0 Å². The van der Waals surface area contributed by atoms with Crippen LogP contribution in [0.25, 0.3) is 0 Å². The minimum atomic E-state index is -1.09. The van der Waals surface area contributed by atoms with Crippen LogP contribution >= 0.6 is 0 Å². The summed E-state index contributed by atoms with van der Waals surface area (Å²) in [5.41, 5.74) is 0.994. The molecular formula is C16H19N3O3. The fraction of sp³-hybridized carbons (Fsp3) is 0.312. The number of hydrogen-bond donors (Lipinski definition) is 2. The van der Waals surface area contributed by atoms with E-state index in [0.717, 1.165) is 11.3 Å². The van der Waals surface area contributed by atoms with Crippen LogP contribution in [0, 0.1) is 0 Å². The van der Waals surface area contributed by atoms with Crippen LogP contribution in [0.2, 0.25) is 0 Å². The van der Waals surface area contributed by atoms with Crippen molar-refractivity contribution in [3.8, 4) is 5.75 Å². The number of hydrogen-bond acceptors (Lipinski definition) is 5. The number of carbonyl (C=O) groups is 1. The zero-order valence-corrected chi connectivity index (χ0v) is 12.8. The molecule has 0 aliphatic heterocycles. The molecule has 2 aromatic rings. The Morgan fingerprint density at radius 1 is 1.14 bits per heavy atom. The zero-order chi connectivity index (χ0) is 16.1. The van der Waals surface area contributed by atoms with Gasteiger partial charge in [-0.15, -0.1) is 0 Å². The highest BCUT2D eigenvalue weighted by molar-refractivity contribution is 5.84. The molecule has 0 aliphatic rings. The Morgan fingerprint density at radius 2 is 1.82 bits per heavy atom. The molecule has 0 spiro atoms. The maximum atomic E-state index is 10.7. The van der Waals surface area contributed by atoms with E-state index in [1.54, 1.807) is 0 Å². The third-order valence-corrected chi connectivity index (χ3v) is 2.99. The normalized spacial score (nSPS) is 12.0. The smallest absolute Gasteiger partial charge is 0.356 e. The summed E-state index contributed by atoms with van der Waals surface area (Å²) in [5, 5.41) is 12.0. The van der Waals surface area contributed by atoms with Crippen LogP contribution in [0.1, 0.15) is 42.9 Å². The maximum absolute atomic E-state index is 10.7. The van der Waals surface area contributed by atoms with Gasteiger partial charge in [-0.3, -0.25) is 0 Å². The molecule has 0 radical (unpaired) electrons. The van der Waals surface area contributed by atoms with E-state index in [0.29, 0.717) is 5.82 Å². The first-order chi connectivity index (χ1) is 10.5. The minimum Gasteiger partial charge on any atom is -0.491 e. The lowest BCUT2D eigenvalue weighted by molar-refractivity contribution is 0.0690. The molecule has 2 N–H and O–H groups in total. The van der Waals surface area contributed by atoms with Gasteiger partial charge in [0.15, 0.2) is 5.69 Å². The first-order valence-corrected chi connectivity index (χ1v) is 7.04. The van der Waals surface area contributed by atoms with Crippen LogP contribution < -0.4 is 10.1 Å². The summed E-state index contributed by atoms with van der Waals surface area (Å²) in [5.74, 6) is 0.268. The van der Waals surface area contributed by atoms with Crippen molar-refractivity contribution in [3.63, 3.8) is 0 Å². The van der Waals surface area contributed by atoms with Gasteiger partial charge in [-0.05, 0) is 38.5 Å². The van der Waals surface area contributed by atoms with E-state index in [-0.39, 0.29) is 17.8 Å². The van der Waals surface area contributed by atoms with Gasteiger partial charge in [0.25, 0.3) is 0 Å². The fourth-order valence-corrected chi connectivity index (χ4v) is 1.93. The van der Waals surface area contributed by atoms with Crippen LogP contribution in [-0.2, 0) is 0 Å². The monoisotopic (exact) mass is 301 g/mol. The van der Waals surface area contributed by atoms with Gasteiger partial charge in [0.1, 0.15) is 11.6 Å². The van der Waals surface area contributed by atoms with Gasteiger partial charge in [0.05, 0.1) is 18.5 Å². The second-order valence-corrected chi connectivity index (χ2v) is 5.19. The molecule has 0 aliphatic carbocycles. The molecule has 116 valence electrons. The Bertz CT molecular complexity index is 624. The molecular weight excluding hydrogens is 282 g/mol. The quantitative estimate of drug-likeness (QED) is 0.852. The summed E-state index contributed by atoms with van der Waals surface area (Å²) >= 11 is 0. The molecule has 2 rings (SSSR count). The van der Waals surface area contributed by atoms with E-state index in [9.17, 15) is 4.79 Å². The van der Waals surface area contributed by atoms with Crippen LogP contribution in [0.5, 0.6) is 5.75 Å². The Balaban J connectivity index is 2.02. The fourth-order valence-electron chi connectivity index (χ4n) is 1.93. The Morgan fingerprint density at radius 3 is 2.32 bits per heavy atom. The van der Waals surface area contributed by atoms with Crippen LogP contribution in [0.15, 0.2) is 36.7 Å². The second-order valence-electron chi connectivity index (χ2n) is 5.19. The number of carboxylic acid groups (broad SMARTS) is 1.